The van der Waals surface area contributed by atoms with Gasteiger partial charge in [0.2, 0.25) is 11.8 Å². The van der Waals surface area contributed by atoms with Crippen molar-refractivity contribution in [3.63, 3.8) is 0 Å². The molecule has 0 radical (unpaired) electrons. The summed E-state index contributed by atoms with van der Waals surface area (Å²) in [5, 5.41) is 7.69. The Morgan fingerprint density at radius 2 is 1.85 bits per heavy atom. The van der Waals surface area contributed by atoms with Gasteiger partial charge in [0.1, 0.15) is 13.2 Å². The van der Waals surface area contributed by atoms with E-state index in [1.54, 1.807) is 11.0 Å². The number of amides is 2. The number of ether oxygens (including phenoxy) is 2. The minimum Gasteiger partial charge on any atom is -0.486 e. The lowest BCUT2D eigenvalue weighted by molar-refractivity contribution is -0.126. The maximum absolute atomic E-state index is 12.9. The van der Waals surface area contributed by atoms with Gasteiger partial charge in [-0.15, -0.1) is 0 Å². The first kappa shape index (κ1) is 22.0. The van der Waals surface area contributed by atoms with Crippen molar-refractivity contribution in [1.29, 1.82) is 0 Å². The number of aryl methyl sites for hydroxylation is 1. The van der Waals surface area contributed by atoms with Crippen LogP contribution >= 0.6 is 0 Å². The Balaban J connectivity index is 1.22. The molecule has 2 aromatic carbocycles. The molecule has 34 heavy (non-hydrogen) atoms. The number of nitrogens with zero attached hydrogens (tertiary/aromatic N) is 3. The van der Waals surface area contributed by atoms with Gasteiger partial charge < -0.3 is 19.7 Å². The molecule has 1 saturated heterocycles. The highest BCUT2D eigenvalue weighted by Crippen LogP contribution is 2.36. The first-order valence-electron chi connectivity index (χ1n) is 11.5. The van der Waals surface area contributed by atoms with E-state index in [0.29, 0.717) is 44.3 Å². The number of benzene rings is 2. The van der Waals surface area contributed by atoms with E-state index in [9.17, 15) is 9.59 Å². The molecule has 0 saturated carbocycles. The van der Waals surface area contributed by atoms with Crippen LogP contribution in [0.2, 0.25) is 0 Å². The van der Waals surface area contributed by atoms with Crippen molar-refractivity contribution < 1.29 is 19.1 Å². The first-order valence-corrected chi connectivity index (χ1v) is 11.5. The van der Waals surface area contributed by atoms with Crippen molar-refractivity contribution in [2.75, 3.05) is 24.7 Å². The Hall–Kier alpha value is -3.81. The molecule has 8 heteroatoms. The molecule has 3 heterocycles. The third-order valence-electron chi connectivity index (χ3n) is 6.48. The van der Waals surface area contributed by atoms with Crippen molar-refractivity contribution in [3.05, 3.63) is 71.0 Å². The van der Waals surface area contributed by atoms with Gasteiger partial charge >= 0.3 is 0 Å². The van der Waals surface area contributed by atoms with Crippen LogP contribution in [0.1, 0.15) is 28.9 Å². The van der Waals surface area contributed by atoms with Gasteiger partial charge in [-0.05, 0) is 31.5 Å². The summed E-state index contributed by atoms with van der Waals surface area (Å²) >= 11 is 0. The Labute approximate surface area is 198 Å². The van der Waals surface area contributed by atoms with Crippen LogP contribution in [-0.4, -0.2) is 41.4 Å². The second kappa shape index (κ2) is 9.21. The van der Waals surface area contributed by atoms with E-state index in [0.717, 1.165) is 22.6 Å². The summed E-state index contributed by atoms with van der Waals surface area (Å²) in [5.74, 6) is 0.709. The zero-order chi connectivity index (χ0) is 23.7. The molecule has 3 aromatic rings. The van der Waals surface area contributed by atoms with Gasteiger partial charge in [-0.2, -0.15) is 5.10 Å². The number of anilines is 1. The van der Waals surface area contributed by atoms with Crippen LogP contribution in [0.15, 0.2) is 48.5 Å². The number of aromatic nitrogens is 2. The molecule has 8 nitrogen and oxygen atoms in total. The van der Waals surface area contributed by atoms with E-state index < -0.39 is 5.92 Å². The zero-order valence-corrected chi connectivity index (χ0v) is 19.4. The van der Waals surface area contributed by atoms with Gasteiger partial charge in [0.05, 0.1) is 18.2 Å². The van der Waals surface area contributed by atoms with Gasteiger partial charge in [-0.3, -0.25) is 14.3 Å². The molecule has 5 rings (SSSR count). The normalized spacial score (nSPS) is 17.2. The number of rotatable bonds is 6. The summed E-state index contributed by atoms with van der Waals surface area (Å²) in [6.45, 7) is 6.39. The van der Waals surface area contributed by atoms with Gasteiger partial charge in [0.15, 0.2) is 11.5 Å². The highest BCUT2D eigenvalue weighted by atomic mass is 16.6. The Morgan fingerprint density at radius 3 is 2.65 bits per heavy atom. The fraction of sp³-hybridized carbons (Fsp3) is 0.346. The molecule has 0 bridgehead atoms. The van der Waals surface area contributed by atoms with Crippen LogP contribution in [0.4, 0.5) is 5.69 Å². The molecule has 2 aliphatic rings. The standard InChI is InChI=1S/C26H28N4O4/c1-17-22(18(2)30(28-17)15-19-6-4-3-5-7-19)14-27-26(32)20-12-25(31)29(16-20)21-8-9-23-24(13-21)34-11-10-33-23/h3-9,13,20H,10-12,14-16H2,1-2H3,(H,27,32)/t20-/m0/s1. The van der Waals surface area contributed by atoms with Gasteiger partial charge in [-0.1, -0.05) is 30.3 Å². The first-order chi connectivity index (χ1) is 16.5. The Bertz CT molecular complexity index is 1220. The summed E-state index contributed by atoms with van der Waals surface area (Å²) in [5.41, 5.74) is 4.83. The third-order valence-corrected chi connectivity index (χ3v) is 6.48. The predicted molar refractivity (Wildman–Crippen MR) is 127 cm³/mol. The average Bonchev–Trinajstić information content (AvgIpc) is 3.37. The summed E-state index contributed by atoms with van der Waals surface area (Å²) in [6.07, 6.45) is 0.186. The van der Waals surface area contributed by atoms with Crippen LogP contribution < -0.4 is 19.7 Å². The molecule has 176 valence electrons. The van der Waals surface area contributed by atoms with Crippen molar-refractivity contribution in [1.82, 2.24) is 15.1 Å². The van der Waals surface area contributed by atoms with Crippen LogP contribution in [0, 0.1) is 19.8 Å². The molecule has 1 N–H and O–H groups in total. The van der Waals surface area contributed by atoms with Crippen LogP contribution in [0.25, 0.3) is 0 Å². The lowest BCUT2D eigenvalue weighted by Crippen LogP contribution is -2.33. The molecule has 2 amide bonds. The molecule has 1 aromatic heterocycles. The monoisotopic (exact) mass is 460 g/mol. The molecule has 1 fully saturated rings. The van der Waals surface area contributed by atoms with Crippen molar-refractivity contribution in [2.45, 2.75) is 33.4 Å². The molecular weight excluding hydrogens is 432 g/mol. The maximum atomic E-state index is 12.9. The van der Waals surface area contributed by atoms with E-state index in [1.165, 1.54) is 5.56 Å². The quantitative estimate of drug-likeness (QED) is 0.611. The van der Waals surface area contributed by atoms with E-state index in [2.05, 4.69) is 22.5 Å². The second-order valence-corrected chi connectivity index (χ2v) is 8.74. The number of carbonyl (C=O) groups is 2. The smallest absolute Gasteiger partial charge is 0.227 e. The third kappa shape index (κ3) is 4.35. The fourth-order valence-corrected chi connectivity index (χ4v) is 4.55. The molecule has 0 spiro atoms. The number of carbonyl (C=O) groups excluding carboxylic acids is 2. The van der Waals surface area contributed by atoms with Crippen molar-refractivity contribution in [3.8, 4) is 11.5 Å². The minimum atomic E-state index is -0.402. The lowest BCUT2D eigenvalue weighted by Gasteiger charge is -2.22. The number of hydrogen-bond donors (Lipinski definition) is 1. The summed E-state index contributed by atoms with van der Waals surface area (Å²) < 4.78 is 13.2. The number of hydrogen-bond acceptors (Lipinski definition) is 5. The molecular formula is C26H28N4O4. The SMILES string of the molecule is Cc1nn(Cc2ccccc2)c(C)c1CNC(=O)[C@H]1CC(=O)N(c2ccc3c(c2)OCCO3)C1. The highest BCUT2D eigenvalue weighted by molar-refractivity contribution is 6.00. The van der Waals surface area contributed by atoms with E-state index >= 15 is 0 Å². The summed E-state index contributed by atoms with van der Waals surface area (Å²) in [4.78, 5) is 27.3. The lowest BCUT2D eigenvalue weighted by atomic mass is 10.1. The molecule has 0 unspecified atom stereocenters. The molecule has 0 aliphatic carbocycles. The van der Waals surface area contributed by atoms with E-state index in [1.807, 2.05) is 48.9 Å². The second-order valence-electron chi connectivity index (χ2n) is 8.74. The zero-order valence-electron chi connectivity index (χ0n) is 19.4. The Kier molecular flexibility index (Phi) is 5.96. The van der Waals surface area contributed by atoms with Gasteiger partial charge in [-0.25, -0.2) is 0 Å². The van der Waals surface area contributed by atoms with Crippen molar-refractivity contribution in [2.24, 2.45) is 5.92 Å². The van der Waals surface area contributed by atoms with Gasteiger partial charge in [0, 0.05) is 42.5 Å². The highest BCUT2D eigenvalue weighted by Gasteiger charge is 2.35. The van der Waals surface area contributed by atoms with Crippen LogP contribution in [0.3, 0.4) is 0 Å². The van der Waals surface area contributed by atoms with Crippen LogP contribution in [0.5, 0.6) is 11.5 Å². The van der Waals surface area contributed by atoms with Crippen molar-refractivity contribution >= 4 is 17.5 Å². The molecule has 1 atom stereocenters. The topological polar surface area (TPSA) is 85.7 Å². The Morgan fingerprint density at radius 1 is 1.09 bits per heavy atom. The van der Waals surface area contributed by atoms with E-state index in [-0.39, 0.29) is 18.2 Å². The number of fused-ring (bicyclic) bond motifs is 1. The molecule has 2 aliphatic heterocycles. The number of nitrogens with one attached hydrogen (secondary N) is 1. The predicted octanol–water partition coefficient (Wildman–Crippen LogP) is 2.99. The van der Waals surface area contributed by atoms with Crippen LogP contribution in [-0.2, 0) is 22.7 Å². The van der Waals surface area contributed by atoms with Gasteiger partial charge in [0.25, 0.3) is 0 Å². The average molecular weight is 461 g/mol. The maximum Gasteiger partial charge on any atom is 0.227 e. The minimum absolute atomic E-state index is 0.0696. The van der Waals surface area contributed by atoms with E-state index in [4.69, 9.17) is 9.47 Å². The summed E-state index contributed by atoms with van der Waals surface area (Å²) in [7, 11) is 0. The summed E-state index contributed by atoms with van der Waals surface area (Å²) in [6, 6.07) is 15.6. The largest absolute Gasteiger partial charge is 0.486 e. The fourth-order valence-electron chi connectivity index (χ4n) is 4.55.